The van der Waals surface area contributed by atoms with Crippen LogP contribution >= 0.6 is 0 Å². The summed E-state index contributed by atoms with van der Waals surface area (Å²) in [7, 11) is 0. The Labute approximate surface area is 65.2 Å². The first-order chi connectivity index (χ1) is 4.93. The standard InChI is InChI=1S/C7H15N.C2H6/c1-2-8-6-7-4-3-5-7;1-2/h7-8H,2-6H2,1H3;1-2H3. The van der Waals surface area contributed by atoms with Gasteiger partial charge < -0.3 is 5.32 Å². The molecule has 0 radical (unpaired) electrons. The van der Waals surface area contributed by atoms with E-state index < -0.39 is 0 Å². The summed E-state index contributed by atoms with van der Waals surface area (Å²) in [5, 5.41) is 3.35. The molecular weight excluding hydrogens is 122 g/mol. The van der Waals surface area contributed by atoms with Gasteiger partial charge in [0.25, 0.3) is 0 Å². The van der Waals surface area contributed by atoms with Crippen LogP contribution in [0.25, 0.3) is 0 Å². The first kappa shape index (κ1) is 9.96. The second kappa shape index (κ2) is 7.07. The summed E-state index contributed by atoms with van der Waals surface area (Å²) in [6.45, 7) is 8.56. The highest BCUT2D eigenvalue weighted by molar-refractivity contribution is 4.70. The zero-order valence-corrected chi connectivity index (χ0v) is 7.61. The quantitative estimate of drug-likeness (QED) is 0.640. The Morgan fingerprint density at radius 2 is 1.90 bits per heavy atom. The predicted molar refractivity (Wildman–Crippen MR) is 47.2 cm³/mol. The SMILES string of the molecule is CC.CCNCC1CCC1. The molecule has 1 nitrogen and oxygen atoms in total. The molecule has 10 heavy (non-hydrogen) atoms. The van der Waals surface area contributed by atoms with Gasteiger partial charge >= 0.3 is 0 Å². The van der Waals surface area contributed by atoms with E-state index in [2.05, 4.69) is 12.2 Å². The van der Waals surface area contributed by atoms with E-state index in [9.17, 15) is 0 Å². The lowest BCUT2D eigenvalue weighted by Crippen LogP contribution is -2.26. The van der Waals surface area contributed by atoms with Crippen LogP contribution in [0.4, 0.5) is 0 Å². The third-order valence-corrected chi connectivity index (χ3v) is 1.91. The fraction of sp³-hybridized carbons (Fsp3) is 1.00. The van der Waals surface area contributed by atoms with Gasteiger partial charge in [0.15, 0.2) is 0 Å². The van der Waals surface area contributed by atoms with Gasteiger partial charge in [0.2, 0.25) is 0 Å². The van der Waals surface area contributed by atoms with Gasteiger partial charge in [-0.25, -0.2) is 0 Å². The molecule has 0 amide bonds. The smallest absolute Gasteiger partial charge is 0.00206 e. The van der Waals surface area contributed by atoms with Crippen molar-refractivity contribution in [1.82, 2.24) is 5.32 Å². The van der Waals surface area contributed by atoms with Crippen LogP contribution in [0.2, 0.25) is 0 Å². The summed E-state index contributed by atoms with van der Waals surface area (Å²) >= 11 is 0. The van der Waals surface area contributed by atoms with E-state index in [1.54, 1.807) is 0 Å². The van der Waals surface area contributed by atoms with Gasteiger partial charge in [0.1, 0.15) is 0 Å². The van der Waals surface area contributed by atoms with Crippen LogP contribution in [-0.2, 0) is 0 Å². The molecule has 0 atom stereocenters. The molecule has 1 heteroatoms. The molecular formula is C9H21N. The van der Waals surface area contributed by atoms with Crippen molar-refractivity contribution >= 4 is 0 Å². The highest BCUT2D eigenvalue weighted by Gasteiger charge is 2.15. The van der Waals surface area contributed by atoms with E-state index >= 15 is 0 Å². The Morgan fingerprint density at radius 1 is 1.30 bits per heavy atom. The molecule has 62 valence electrons. The van der Waals surface area contributed by atoms with Crippen molar-refractivity contribution < 1.29 is 0 Å². The van der Waals surface area contributed by atoms with E-state index in [1.165, 1.54) is 25.8 Å². The Hall–Kier alpha value is -0.0400. The van der Waals surface area contributed by atoms with E-state index in [0.29, 0.717) is 0 Å². The van der Waals surface area contributed by atoms with E-state index in [0.717, 1.165) is 12.5 Å². The minimum Gasteiger partial charge on any atom is -0.317 e. The molecule has 0 bridgehead atoms. The maximum atomic E-state index is 3.35. The fourth-order valence-electron chi connectivity index (χ4n) is 1.05. The normalized spacial score (nSPS) is 17.1. The van der Waals surface area contributed by atoms with Gasteiger partial charge in [0, 0.05) is 0 Å². The molecule has 0 heterocycles. The third-order valence-electron chi connectivity index (χ3n) is 1.91. The molecule has 1 aliphatic rings. The summed E-state index contributed by atoms with van der Waals surface area (Å²) < 4.78 is 0. The first-order valence-corrected chi connectivity index (χ1v) is 4.64. The maximum Gasteiger partial charge on any atom is -0.00206 e. The van der Waals surface area contributed by atoms with Crippen LogP contribution in [0.5, 0.6) is 0 Å². The van der Waals surface area contributed by atoms with Crippen LogP contribution in [-0.4, -0.2) is 13.1 Å². The average molecular weight is 143 g/mol. The van der Waals surface area contributed by atoms with Crippen molar-refractivity contribution in [1.29, 1.82) is 0 Å². The van der Waals surface area contributed by atoms with Gasteiger partial charge in [0.05, 0.1) is 0 Å². The lowest BCUT2D eigenvalue weighted by Gasteiger charge is -2.24. The second-order valence-corrected chi connectivity index (χ2v) is 2.60. The molecule has 0 saturated heterocycles. The largest absolute Gasteiger partial charge is 0.317 e. The lowest BCUT2D eigenvalue weighted by atomic mass is 9.85. The maximum absolute atomic E-state index is 3.35. The lowest BCUT2D eigenvalue weighted by molar-refractivity contribution is 0.304. The van der Waals surface area contributed by atoms with Crippen molar-refractivity contribution in [3.63, 3.8) is 0 Å². The number of hydrogen-bond acceptors (Lipinski definition) is 1. The average Bonchev–Trinajstić information content (AvgIpc) is 1.90. The highest BCUT2D eigenvalue weighted by atomic mass is 14.8. The molecule has 1 N–H and O–H groups in total. The highest BCUT2D eigenvalue weighted by Crippen LogP contribution is 2.24. The topological polar surface area (TPSA) is 12.0 Å². The molecule has 0 spiro atoms. The van der Waals surface area contributed by atoms with Gasteiger partial charge in [-0.05, 0) is 31.8 Å². The minimum atomic E-state index is 1.02. The molecule has 0 aromatic carbocycles. The minimum absolute atomic E-state index is 1.02. The van der Waals surface area contributed by atoms with Gasteiger partial charge in [-0.3, -0.25) is 0 Å². The second-order valence-electron chi connectivity index (χ2n) is 2.60. The molecule has 1 saturated carbocycles. The van der Waals surface area contributed by atoms with Crippen LogP contribution in [0.3, 0.4) is 0 Å². The van der Waals surface area contributed by atoms with E-state index in [-0.39, 0.29) is 0 Å². The zero-order chi connectivity index (χ0) is 7.82. The number of hydrogen-bond donors (Lipinski definition) is 1. The summed E-state index contributed by atoms with van der Waals surface area (Å²) in [6.07, 6.45) is 4.40. The Bertz CT molecular complexity index is 57.7. The zero-order valence-electron chi connectivity index (χ0n) is 7.61. The molecule has 1 rings (SSSR count). The van der Waals surface area contributed by atoms with Crippen LogP contribution < -0.4 is 5.32 Å². The number of rotatable bonds is 3. The van der Waals surface area contributed by atoms with E-state index in [1.807, 2.05) is 13.8 Å². The Balaban J connectivity index is 0.000000371. The summed E-state index contributed by atoms with van der Waals surface area (Å²) in [4.78, 5) is 0. The molecule has 0 aromatic rings. The molecule has 1 aliphatic carbocycles. The number of nitrogens with one attached hydrogen (secondary N) is 1. The van der Waals surface area contributed by atoms with Gasteiger partial charge in [-0.15, -0.1) is 0 Å². The van der Waals surface area contributed by atoms with Gasteiger partial charge in [-0.1, -0.05) is 27.2 Å². The Morgan fingerprint density at radius 3 is 2.20 bits per heavy atom. The summed E-state index contributed by atoms with van der Waals surface area (Å²) in [6, 6.07) is 0. The molecule has 0 unspecified atom stereocenters. The molecule has 1 fully saturated rings. The van der Waals surface area contributed by atoms with Crippen molar-refractivity contribution in [2.45, 2.75) is 40.0 Å². The van der Waals surface area contributed by atoms with Crippen molar-refractivity contribution in [2.75, 3.05) is 13.1 Å². The monoisotopic (exact) mass is 143 g/mol. The fourth-order valence-corrected chi connectivity index (χ4v) is 1.05. The van der Waals surface area contributed by atoms with E-state index in [4.69, 9.17) is 0 Å². The first-order valence-electron chi connectivity index (χ1n) is 4.64. The third kappa shape index (κ3) is 3.89. The van der Waals surface area contributed by atoms with Gasteiger partial charge in [-0.2, -0.15) is 0 Å². The van der Waals surface area contributed by atoms with Crippen molar-refractivity contribution in [3.05, 3.63) is 0 Å². The molecule has 0 aliphatic heterocycles. The summed E-state index contributed by atoms with van der Waals surface area (Å²) in [5.74, 6) is 1.02. The Kier molecular flexibility index (Phi) is 7.04. The van der Waals surface area contributed by atoms with Crippen LogP contribution in [0.15, 0.2) is 0 Å². The van der Waals surface area contributed by atoms with Crippen LogP contribution in [0, 0.1) is 5.92 Å². The summed E-state index contributed by atoms with van der Waals surface area (Å²) in [5.41, 5.74) is 0. The van der Waals surface area contributed by atoms with Crippen molar-refractivity contribution in [2.24, 2.45) is 5.92 Å². The predicted octanol–water partition coefficient (Wildman–Crippen LogP) is 2.42. The van der Waals surface area contributed by atoms with Crippen molar-refractivity contribution in [3.8, 4) is 0 Å². The van der Waals surface area contributed by atoms with Crippen LogP contribution in [0.1, 0.15) is 40.0 Å². The molecule has 0 aromatic heterocycles.